The van der Waals surface area contributed by atoms with Crippen LogP contribution >= 0.6 is 23.2 Å². The zero-order valence-corrected chi connectivity index (χ0v) is 23.1. The van der Waals surface area contributed by atoms with Crippen molar-refractivity contribution in [2.24, 2.45) is 0 Å². The minimum atomic E-state index is -0.770. The maximum Gasteiger partial charge on any atom is 0.319 e. The molecule has 208 valence electrons. The fourth-order valence-electron chi connectivity index (χ4n) is 3.90. The van der Waals surface area contributed by atoms with Crippen molar-refractivity contribution in [2.75, 3.05) is 32.1 Å². The number of nitrogens with zero attached hydrogens (tertiary/aromatic N) is 2. The van der Waals surface area contributed by atoms with Crippen LogP contribution in [-0.2, 0) is 16.1 Å². The summed E-state index contributed by atoms with van der Waals surface area (Å²) in [4.78, 5) is 41.9. The van der Waals surface area contributed by atoms with Crippen LogP contribution in [0.5, 0.6) is 5.88 Å². The molecule has 0 radical (unpaired) electrons. The van der Waals surface area contributed by atoms with Crippen LogP contribution in [0, 0.1) is 0 Å². The molecule has 1 aromatic carbocycles. The summed E-state index contributed by atoms with van der Waals surface area (Å²) in [5.41, 5.74) is 1.45. The number of anilines is 1. The van der Waals surface area contributed by atoms with Gasteiger partial charge in [0.05, 0.1) is 5.02 Å². The van der Waals surface area contributed by atoms with Crippen LogP contribution in [0.15, 0.2) is 36.5 Å². The maximum atomic E-state index is 12.7. The largest absolute Gasteiger partial charge is 0.463 e. The van der Waals surface area contributed by atoms with E-state index in [0.29, 0.717) is 23.6 Å². The lowest BCUT2D eigenvalue weighted by Gasteiger charge is -2.31. The summed E-state index contributed by atoms with van der Waals surface area (Å²) in [5, 5.41) is 16.3. The highest BCUT2D eigenvalue weighted by atomic mass is 35.5. The van der Waals surface area contributed by atoms with Gasteiger partial charge in [0.25, 0.3) is 5.91 Å². The van der Waals surface area contributed by atoms with Gasteiger partial charge in [-0.05, 0) is 43.0 Å². The van der Waals surface area contributed by atoms with E-state index in [0.717, 1.165) is 51.4 Å². The number of carbonyl (C=O) groups excluding carboxylic acids is 3. The number of carbonyl (C=O) groups is 3. The maximum absolute atomic E-state index is 12.7. The lowest BCUT2D eigenvalue weighted by Crippen LogP contribution is -2.46. The van der Waals surface area contributed by atoms with Gasteiger partial charge in [-0.1, -0.05) is 42.3 Å². The van der Waals surface area contributed by atoms with E-state index in [1.165, 1.54) is 12.3 Å². The molecule has 2 aromatic rings. The summed E-state index contributed by atoms with van der Waals surface area (Å²) in [6.45, 7) is 4.57. The minimum Gasteiger partial charge on any atom is -0.463 e. The number of likely N-dealkylation sites (tertiary alicyclic amines) is 1. The first kappa shape index (κ1) is 31.3. The molecule has 1 aliphatic heterocycles. The van der Waals surface area contributed by atoms with Crippen LogP contribution in [0.1, 0.15) is 38.2 Å². The number of aliphatic hydroxyl groups excluding tert-OH is 1. The Morgan fingerprint density at radius 1 is 1.24 bits per heavy atom. The van der Waals surface area contributed by atoms with Crippen molar-refractivity contribution in [3.63, 3.8) is 0 Å². The van der Waals surface area contributed by atoms with Crippen LogP contribution in [0.2, 0.25) is 10.0 Å². The molecule has 4 N–H and O–H groups in total. The molecule has 10 nitrogen and oxygen atoms in total. The van der Waals surface area contributed by atoms with Gasteiger partial charge < -0.3 is 35.5 Å². The number of aldehydes is 1. The number of amides is 3. The van der Waals surface area contributed by atoms with E-state index in [1.807, 2.05) is 19.1 Å². The van der Waals surface area contributed by atoms with Crippen molar-refractivity contribution in [3.8, 4) is 5.88 Å². The molecule has 1 aliphatic rings. The highest BCUT2D eigenvalue weighted by Crippen LogP contribution is 2.26. The second-order valence-corrected chi connectivity index (χ2v) is 9.39. The summed E-state index contributed by atoms with van der Waals surface area (Å²) in [6.07, 6.45) is 4.21. The van der Waals surface area contributed by atoms with Gasteiger partial charge in [-0.25, -0.2) is 9.78 Å². The molecule has 1 atom stereocenters. The van der Waals surface area contributed by atoms with Gasteiger partial charge >= 0.3 is 6.03 Å². The van der Waals surface area contributed by atoms with E-state index in [1.54, 1.807) is 12.1 Å². The van der Waals surface area contributed by atoms with E-state index in [9.17, 15) is 14.4 Å². The molecule has 2 heterocycles. The number of piperidine rings is 1. The minimum absolute atomic E-state index is 0.0922. The summed E-state index contributed by atoms with van der Waals surface area (Å²) in [6, 6.07) is 8.60. The molecule has 12 heteroatoms. The smallest absolute Gasteiger partial charge is 0.319 e. The number of aromatic nitrogens is 1. The Morgan fingerprint density at radius 2 is 1.97 bits per heavy atom. The third-order valence-corrected chi connectivity index (χ3v) is 6.31. The zero-order chi connectivity index (χ0) is 27.9. The van der Waals surface area contributed by atoms with Gasteiger partial charge in [0.1, 0.15) is 11.3 Å². The van der Waals surface area contributed by atoms with Gasteiger partial charge in [-0.15, -0.1) is 0 Å². The van der Waals surface area contributed by atoms with Gasteiger partial charge in [0.15, 0.2) is 6.10 Å². The molecular weight excluding hydrogens is 533 g/mol. The molecule has 1 fully saturated rings. The number of benzene rings is 1. The molecule has 0 saturated carbocycles. The molecule has 1 saturated heterocycles. The van der Waals surface area contributed by atoms with Crippen molar-refractivity contribution < 1.29 is 24.2 Å². The van der Waals surface area contributed by atoms with E-state index in [2.05, 4.69) is 25.8 Å². The Kier molecular flexibility index (Phi) is 13.9. The number of ether oxygens (including phenoxy) is 1. The predicted octanol–water partition coefficient (Wildman–Crippen LogP) is 3.65. The van der Waals surface area contributed by atoms with Gasteiger partial charge in [0, 0.05) is 57.6 Å². The number of rotatable bonds is 11. The van der Waals surface area contributed by atoms with E-state index in [-0.39, 0.29) is 35.4 Å². The Labute approximate surface area is 233 Å². The number of hydrogen-bond acceptors (Lipinski definition) is 7. The third-order valence-electron chi connectivity index (χ3n) is 5.83. The Bertz CT molecular complexity index is 1050. The Balaban J connectivity index is 0.00000247. The number of urea groups is 1. The zero-order valence-electron chi connectivity index (χ0n) is 21.6. The van der Waals surface area contributed by atoms with Gasteiger partial charge in [-0.3, -0.25) is 4.79 Å². The van der Waals surface area contributed by atoms with Crippen molar-refractivity contribution in [1.82, 2.24) is 20.5 Å². The first-order chi connectivity index (χ1) is 18.4. The summed E-state index contributed by atoms with van der Waals surface area (Å²) >= 11 is 12.0. The predicted molar refractivity (Wildman–Crippen MR) is 148 cm³/mol. The Morgan fingerprint density at radius 3 is 2.63 bits per heavy atom. The lowest BCUT2D eigenvalue weighted by atomic mass is 10.1. The lowest BCUT2D eigenvalue weighted by molar-refractivity contribution is -0.128. The molecule has 38 heavy (non-hydrogen) atoms. The first-order valence-electron chi connectivity index (χ1n) is 12.4. The van der Waals surface area contributed by atoms with Crippen LogP contribution in [0.4, 0.5) is 10.5 Å². The van der Waals surface area contributed by atoms with Crippen molar-refractivity contribution in [2.45, 2.75) is 51.3 Å². The molecule has 3 rings (SSSR count). The van der Waals surface area contributed by atoms with Gasteiger partial charge in [0.2, 0.25) is 5.88 Å². The first-order valence-corrected chi connectivity index (χ1v) is 13.2. The molecule has 0 spiro atoms. The normalized spacial score (nSPS) is 14.4. The van der Waals surface area contributed by atoms with Crippen LogP contribution < -0.4 is 20.7 Å². The number of pyridine rings is 1. The number of aliphatic hydroxyl groups is 1. The van der Waals surface area contributed by atoms with Crippen LogP contribution in [-0.4, -0.2) is 72.1 Å². The molecule has 1 unspecified atom stereocenters. The SMILES string of the molecule is CCC(Oc1ncc(Cl)cc1Cl)C(=O)NCc1cccc(NC(=O)NC2CCN(CCC=O)CC2)c1.CO. The van der Waals surface area contributed by atoms with E-state index < -0.39 is 6.10 Å². The molecular formula is C26H35Cl2N5O5. The second kappa shape index (κ2) is 16.8. The second-order valence-electron chi connectivity index (χ2n) is 8.54. The van der Waals surface area contributed by atoms with Crippen molar-refractivity contribution in [1.29, 1.82) is 0 Å². The van der Waals surface area contributed by atoms with E-state index in [4.69, 9.17) is 33.0 Å². The summed E-state index contributed by atoms with van der Waals surface area (Å²) < 4.78 is 5.68. The monoisotopic (exact) mass is 567 g/mol. The highest BCUT2D eigenvalue weighted by Gasteiger charge is 2.21. The van der Waals surface area contributed by atoms with E-state index >= 15 is 0 Å². The third kappa shape index (κ3) is 10.4. The quantitative estimate of drug-likeness (QED) is 0.304. The molecule has 0 bridgehead atoms. The summed E-state index contributed by atoms with van der Waals surface area (Å²) in [7, 11) is 1.00. The fourth-order valence-corrected chi connectivity index (χ4v) is 4.32. The topological polar surface area (TPSA) is 133 Å². The molecule has 1 aromatic heterocycles. The fraction of sp³-hybridized carbons (Fsp3) is 0.462. The number of nitrogens with one attached hydrogen (secondary N) is 3. The highest BCUT2D eigenvalue weighted by molar-refractivity contribution is 6.35. The molecule has 3 amide bonds. The Hall–Kier alpha value is -2.92. The molecule has 0 aliphatic carbocycles. The standard InChI is InChI=1S/C25H31Cl2N5O4.CH4O/c1-2-22(36-24-21(27)14-18(26)16-29-24)23(34)28-15-17-5-3-6-20(13-17)31-25(35)30-19-7-10-32(11-8-19)9-4-12-33;1-2/h3,5-6,12-14,16,19,22H,2,4,7-11,15H2,1H3,(H,28,34)(H2,30,31,35);2H,1H3. The van der Waals surface area contributed by atoms with Crippen LogP contribution in [0.3, 0.4) is 0 Å². The number of hydrogen-bond donors (Lipinski definition) is 4. The number of halogens is 2. The van der Waals surface area contributed by atoms with Crippen molar-refractivity contribution >= 4 is 47.1 Å². The summed E-state index contributed by atoms with van der Waals surface area (Å²) in [5.74, 6) is -0.159. The average molecular weight is 569 g/mol. The van der Waals surface area contributed by atoms with Gasteiger partial charge in [-0.2, -0.15) is 0 Å². The van der Waals surface area contributed by atoms with Crippen molar-refractivity contribution in [3.05, 3.63) is 52.1 Å². The van der Waals surface area contributed by atoms with Crippen LogP contribution in [0.25, 0.3) is 0 Å². The average Bonchev–Trinajstić information content (AvgIpc) is 2.92.